The van der Waals surface area contributed by atoms with E-state index in [0.29, 0.717) is 5.56 Å². The van der Waals surface area contributed by atoms with Gasteiger partial charge in [0.1, 0.15) is 0 Å². The van der Waals surface area contributed by atoms with Crippen LogP contribution >= 0.6 is 0 Å². The number of fused-ring (bicyclic) bond motifs is 1. The van der Waals surface area contributed by atoms with E-state index in [1.54, 1.807) is 25.1 Å². The van der Waals surface area contributed by atoms with Gasteiger partial charge < -0.3 is 9.47 Å². The Balaban J connectivity index is 2.20. The zero-order valence-electron chi connectivity index (χ0n) is 9.88. The van der Waals surface area contributed by atoms with E-state index < -0.39 is 12.1 Å². The van der Waals surface area contributed by atoms with Crippen LogP contribution in [0.5, 0.6) is 0 Å². The lowest BCUT2D eigenvalue weighted by molar-refractivity contribution is 0.0402. The average molecular weight is 244 g/mol. The number of carbonyl (C=O) groups is 2. The maximum absolute atomic E-state index is 11.7. The number of hydrogen-bond acceptors (Lipinski definition) is 4. The van der Waals surface area contributed by atoms with Crippen molar-refractivity contribution in [2.24, 2.45) is 0 Å². The van der Waals surface area contributed by atoms with Crippen LogP contribution in [-0.4, -0.2) is 18.7 Å². The van der Waals surface area contributed by atoms with Crippen LogP contribution in [0.25, 0.3) is 10.8 Å². The summed E-state index contributed by atoms with van der Waals surface area (Å²) < 4.78 is 9.07. The summed E-state index contributed by atoms with van der Waals surface area (Å²) >= 11 is 0. The predicted molar refractivity (Wildman–Crippen MR) is 66.4 cm³/mol. The van der Waals surface area contributed by atoms with Gasteiger partial charge in [-0.15, -0.1) is 0 Å². The SMILES string of the molecule is CCOC(=O)OC(=O)c1ccc2ccccc2c1. The third-order valence-electron chi connectivity index (χ3n) is 2.42. The molecule has 0 amide bonds. The molecule has 2 aromatic carbocycles. The van der Waals surface area contributed by atoms with Gasteiger partial charge in [-0.05, 0) is 29.8 Å². The third-order valence-corrected chi connectivity index (χ3v) is 2.42. The Kier molecular flexibility index (Phi) is 3.57. The van der Waals surface area contributed by atoms with Gasteiger partial charge in [0.15, 0.2) is 0 Å². The fourth-order valence-corrected chi connectivity index (χ4v) is 1.60. The summed E-state index contributed by atoms with van der Waals surface area (Å²) in [6.45, 7) is 1.81. The van der Waals surface area contributed by atoms with Crippen LogP contribution < -0.4 is 0 Å². The van der Waals surface area contributed by atoms with Crippen LogP contribution in [0.1, 0.15) is 17.3 Å². The van der Waals surface area contributed by atoms with Crippen LogP contribution in [0.15, 0.2) is 42.5 Å². The molecule has 0 heterocycles. The Morgan fingerprint density at radius 3 is 2.50 bits per heavy atom. The topological polar surface area (TPSA) is 52.6 Å². The minimum atomic E-state index is -0.976. The van der Waals surface area contributed by atoms with E-state index in [0.717, 1.165) is 10.8 Å². The van der Waals surface area contributed by atoms with E-state index in [1.807, 2.05) is 24.3 Å². The monoisotopic (exact) mass is 244 g/mol. The molecule has 0 unspecified atom stereocenters. The molecule has 2 rings (SSSR count). The minimum absolute atomic E-state index is 0.170. The Morgan fingerprint density at radius 2 is 1.78 bits per heavy atom. The van der Waals surface area contributed by atoms with Crippen molar-refractivity contribution in [1.82, 2.24) is 0 Å². The Hall–Kier alpha value is -2.36. The molecule has 4 nitrogen and oxygen atoms in total. The van der Waals surface area contributed by atoms with E-state index in [9.17, 15) is 9.59 Å². The molecular weight excluding hydrogens is 232 g/mol. The first-order chi connectivity index (χ1) is 8.70. The molecule has 0 radical (unpaired) electrons. The van der Waals surface area contributed by atoms with E-state index in [2.05, 4.69) is 9.47 Å². The Morgan fingerprint density at radius 1 is 1.06 bits per heavy atom. The van der Waals surface area contributed by atoms with Gasteiger partial charge >= 0.3 is 12.1 Å². The lowest BCUT2D eigenvalue weighted by atomic mass is 10.1. The molecule has 0 bridgehead atoms. The van der Waals surface area contributed by atoms with Crippen molar-refractivity contribution < 1.29 is 19.1 Å². The fraction of sp³-hybridized carbons (Fsp3) is 0.143. The minimum Gasteiger partial charge on any atom is -0.434 e. The summed E-state index contributed by atoms with van der Waals surface area (Å²) in [5, 5.41) is 1.93. The van der Waals surface area contributed by atoms with Crippen molar-refractivity contribution >= 4 is 22.9 Å². The quantitative estimate of drug-likeness (QED) is 0.601. The van der Waals surface area contributed by atoms with Gasteiger partial charge in [0, 0.05) is 0 Å². The molecule has 0 atom stereocenters. The standard InChI is InChI=1S/C14H12O4/c1-2-17-14(16)18-13(15)12-8-7-10-5-3-4-6-11(10)9-12/h3-9H,2H2,1H3. The van der Waals surface area contributed by atoms with Crippen LogP contribution in [-0.2, 0) is 9.47 Å². The van der Waals surface area contributed by atoms with Gasteiger partial charge in [0.2, 0.25) is 0 Å². The molecule has 0 saturated heterocycles. The predicted octanol–water partition coefficient (Wildman–Crippen LogP) is 3.15. The van der Waals surface area contributed by atoms with Crippen LogP contribution in [0.4, 0.5) is 4.79 Å². The first-order valence-corrected chi connectivity index (χ1v) is 5.58. The largest absolute Gasteiger partial charge is 0.516 e. The highest BCUT2D eigenvalue weighted by molar-refractivity contribution is 5.98. The Bertz CT molecular complexity index is 589. The highest BCUT2D eigenvalue weighted by Gasteiger charge is 2.13. The molecular formula is C14H12O4. The van der Waals surface area contributed by atoms with E-state index in [-0.39, 0.29) is 6.61 Å². The third kappa shape index (κ3) is 2.66. The van der Waals surface area contributed by atoms with E-state index in [4.69, 9.17) is 0 Å². The van der Waals surface area contributed by atoms with Crippen molar-refractivity contribution in [3.05, 3.63) is 48.0 Å². The number of carbonyl (C=O) groups excluding carboxylic acids is 2. The second-order valence-electron chi connectivity index (χ2n) is 3.63. The molecule has 0 aliphatic rings. The number of ether oxygens (including phenoxy) is 2. The number of benzene rings is 2. The highest BCUT2D eigenvalue weighted by atomic mass is 16.7. The maximum atomic E-state index is 11.7. The molecule has 18 heavy (non-hydrogen) atoms. The fourth-order valence-electron chi connectivity index (χ4n) is 1.60. The molecule has 0 aliphatic heterocycles. The van der Waals surface area contributed by atoms with Gasteiger partial charge in [0.25, 0.3) is 0 Å². The van der Waals surface area contributed by atoms with Crippen molar-refractivity contribution in [2.45, 2.75) is 6.92 Å². The molecule has 4 heteroatoms. The summed E-state index contributed by atoms with van der Waals surface area (Å²) in [6, 6.07) is 12.7. The number of esters is 1. The molecule has 2 aromatic rings. The molecule has 92 valence electrons. The number of hydrogen-bond donors (Lipinski definition) is 0. The van der Waals surface area contributed by atoms with Crippen molar-refractivity contribution in [3.8, 4) is 0 Å². The second kappa shape index (κ2) is 5.31. The summed E-state index contributed by atoms with van der Waals surface area (Å²) in [4.78, 5) is 22.7. The van der Waals surface area contributed by atoms with Gasteiger partial charge in [-0.3, -0.25) is 0 Å². The summed E-state index contributed by atoms with van der Waals surface area (Å²) in [6.07, 6.45) is -0.976. The number of rotatable bonds is 2. The second-order valence-corrected chi connectivity index (χ2v) is 3.63. The molecule has 0 spiro atoms. The van der Waals surface area contributed by atoms with Gasteiger partial charge in [0.05, 0.1) is 12.2 Å². The van der Waals surface area contributed by atoms with Crippen molar-refractivity contribution in [2.75, 3.05) is 6.61 Å². The van der Waals surface area contributed by atoms with E-state index in [1.165, 1.54) is 0 Å². The van der Waals surface area contributed by atoms with Crippen molar-refractivity contribution in [1.29, 1.82) is 0 Å². The van der Waals surface area contributed by atoms with Gasteiger partial charge in [-0.2, -0.15) is 0 Å². The lowest BCUT2D eigenvalue weighted by Gasteiger charge is -2.04. The average Bonchev–Trinajstić information content (AvgIpc) is 2.38. The smallest absolute Gasteiger partial charge is 0.434 e. The van der Waals surface area contributed by atoms with Gasteiger partial charge in [-0.1, -0.05) is 30.3 Å². The molecule has 0 saturated carbocycles. The van der Waals surface area contributed by atoms with Gasteiger partial charge in [-0.25, -0.2) is 9.59 Å². The van der Waals surface area contributed by atoms with Crippen LogP contribution in [0, 0.1) is 0 Å². The normalized spacial score (nSPS) is 10.1. The van der Waals surface area contributed by atoms with Crippen molar-refractivity contribution in [3.63, 3.8) is 0 Å². The molecule has 0 fully saturated rings. The zero-order chi connectivity index (χ0) is 13.0. The molecule has 0 aliphatic carbocycles. The molecule has 0 aromatic heterocycles. The first kappa shape index (κ1) is 12.1. The van der Waals surface area contributed by atoms with Crippen LogP contribution in [0.3, 0.4) is 0 Å². The zero-order valence-corrected chi connectivity index (χ0v) is 9.88. The summed E-state index contributed by atoms with van der Waals surface area (Å²) in [5.74, 6) is -0.709. The summed E-state index contributed by atoms with van der Waals surface area (Å²) in [7, 11) is 0. The summed E-state index contributed by atoms with van der Waals surface area (Å²) in [5.41, 5.74) is 0.321. The van der Waals surface area contributed by atoms with Crippen LogP contribution in [0.2, 0.25) is 0 Å². The Labute approximate surface area is 104 Å². The lowest BCUT2D eigenvalue weighted by Crippen LogP contribution is -2.13. The van der Waals surface area contributed by atoms with E-state index >= 15 is 0 Å². The first-order valence-electron chi connectivity index (χ1n) is 5.58. The maximum Gasteiger partial charge on any atom is 0.516 e. The highest BCUT2D eigenvalue weighted by Crippen LogP contribution is 2.16. The molecule has 0 N–H and O–H groups in total.